The number of fused-ring (bicyclic) bond motifs is 1. The molecule has 19 heavy (non-hydrogen) atoms. The molecule has 0 aromatic carbocycles. The van der Waals surface area contributed by atoms with Crippen LogP contribution in [0.1, 0.15) is 38.8 Å². The summed E-state index contributed by atoms with van der Waals surface area (Å²) in [5.74, 6) is 1.73. The van der Waals surface area contributed by atoms with Gasteiger partial charge in [0.25, 0.3) is 0 Å². The van der Waals surface area contributed by atoms with Crippen LogP contribution in [0.3, 0.4) is 0 Å². The number of rotatable bonds is 4. The fourth-order valence-electron chi connectivity index (χ4n) is 3.61. The van der Waals surface area contributed by atoms with Crippen LogP contribution in [0.25, 0.3) is 0 Å². The van der Waals surface area contributed by atoms with E-state index >= 15 is 0 Å². The van der Waals surface area contributed by atoms with Gasteiger partial charge in [-0.2, -0.15) is 0 Å². The second kappa shape index (κ2) is 5.16. The molecule has 0 bridgehead atoms. The minimum atomic E-state index is 0.593. The van der Waals surface area contributed by atoms with Gasteiger partial charge in [-0.3, -0.25) is 4.90 Å². The number of nitrogens with zero attached hydrogens (tertiary/aromatic N) is 3. The molecule has 1 N–H and O–H groups in total. The Morgan fingerprint density at radius 1 is 1.37 bits per heavy atom. The molecule has 3 heterocycles. The molecule has 2 atom stereocenters. The second-order valence-corrected chi connectivity index (χ2v) is 6.54. The summed E-state index contributed by atoms with van der Waals surface area (Å²) in [6.07, 6.45) is 6.14. The zero-order valence-corrected chi connectivity index (χ0v) is 12.4. The molecular weight excluding hydrogens is 236 g/mol. The summed E-state index contributed by atoms with van der Waals surface area (Å²) in [4.78, 5) is 7.31. The Kier molecular flexibility index (Phi) is 3.52. The third-order valence-electron chi connectivity index (χ3n) is 4.38. The SMILES string of the molecule is Cc1cn(CC(C)C)c(NC2CCN3CCCC23)n1. The number of hydrogen-bond donors (Lipinski definition) is 1. The van der Waals surface area contributed by atoms with Crippen molar-refractivity contribution >= 4 is 5.95 Å². The zero-order chi connectivity index (χ0) is 13.4. The van der Waals surface area contributed by atoms with Crippen LogP contribution in [0, 0.1) is 12.8 Å². The highest BCUT2D eigenvalue weighted by Crippen LogP contribution is 2.30. The molecule has 0 aliphatic carbocycles. The van der Waals surface area contributed by atoms with Crippen LogP contribution in [0.2, 0.25) is 0 Å². The van der Waals surface area contributed by atoms with E-state index < -0.39 is 0 Å². The fourth-order valence-corrected chi connectivity index (χ4v) is 3.61. The molecule has 1 aromatic rings. The number of nitrogens with one attached hydrogen (secondary N) is 1. The summed E-state index contributed by atoms with van der Waals surface area (Å²) in [5, 5.41) is 3.72. The number of aryl methyl sites for hydroxylation is 1. The molecule has 1 aromatic heterocycles. The fraction of sp³-hybridized carbons (Fsp3) is 0.800. The van der Waals surface area contributed by atoms with Gasteiger partial charge in [-0.15, -0.1) is 0 Å². The maximum Gasteiger partial charge on any atom is 0.203 e. The summed E-state index contributed by atoms with van der Waals surface area (Å²) in [6.45, 7) is 10.2. The van der Waals surface area contributed by atoms with Crippen molar-refractivity contribution in [1.82, 2.24) is 14.5 Å². The lowest BCUT2D eigenvalue weighted by molar-refractivity contribution is 0.317. The molecule has 3 rings (SSSR count). The van der Waals surface area contributed by atoms with Crippen LogP contribution in [-0.2, 0) is 6.54 Å². The van der Waals surface area contributed by atoms with Crippen LogP contribution in [-0.4, -0.2) is 39.6 Å². The van der Waals surface area contributed by atoms with E-state index in [-0.39, 0.29) is 0 Å². The van der Waals surface area contributed by atoms with Gasteiger partial charge in [0, 0.05) is 31.4 Å². The van der Waals surface area contributed by atoms with Crippen molar-refractivity contribution in [2.24, 2.45) is 5.92 Å². The van der Waals surface area contributed by atoms with E-state index in [0.29, 0.717) is 12.0 Å². The average Bonchev–Trinajstić information content (AvgIpc) is 2.97. The van der Waals surface area contributed by atoms with Crippen molar-refractivity contribution < 1.29 is 0 Å². The van der Waals surface area contributed by atoms with Crippen LogP contribution in [0.5, 0.6) is 0 Å². The van der Waals surface area contributed by atoms with E-state index in [9.17, 15) is 0 Å². The Labute approximate surface area is 116 Å². The molecule has 2 fully saturated rings. The Balaban J connectivity index is 1.72. The Morgan fingerprint density at radius 3 is 3.00 bits per heavy atom. The van der Waals surface area contributed by atoms with Crippen LogP contribution < -0.4 is 5.32 Å². The van der Waals surface area contributed by atoms with Crippen molar-refractivity contribution in [2.75, 3.05) is 18.4 Å². The first kappa shape index (κ1) is 13.0. The highest BCUT2D eigenvalue weighted by molar-refractivity contribution is 5.32. The van der Waals surface area contributed by atoms with E-state index in [1.807, 2.05) is 0 Å². The molecule has 0 radical (unpaired) electrons. The number of anilines is 1. The van der Waals surface area contributed by atoms with E-state index in [4.69, 9.17) is 0 Å². The van der Waals surface area contributed by atoms with Gasteiger partial charge in [0.2, 0.25) is 5.95 Å². The third-order valence-corrected chi connectivity index (χ3v) is 4.38. The molecule has 4 nitrogen and oxygen atoms in total. The predicted octanol–water partition coefficient (Wildman–Crippen LogP) is 2.50. The Morgan fingerprint density at radius 2 is 2.21 bits per heavy atom. The maximum absolute atomic E-state index is 4.67. The lowest BCUT2D eigenvalue weighted by Crippen LogP contribution is -2.34. The molecule has 2 saturated heterocycles. The van der Waals surface area contributed by atoms with E-state index in [0.717, 1.165) is 24.2 Å². The lowest BCUT2D eigenvalue weighted by atomic mass is 10.1. The summed E-state index contributed by atoms with van der Waals surface area (Å²) in [5.41, 5.74) is 1.12. The first-order valence-electron chi connectivity index (χ1n) is 7.68. The lowest BCUT2D eigenvalue weighted by Gasteiger charge is -2.22. The molecule has 2 aliphatic heterocycles. The number of imidazole rings is 1. The van der Waals surface area contributed by atoms with E-state index in [2.05, 4.69) is 46.7 Å². The molecule has 4 heteroatoms. The topological polar surface area (TPSA) is 33.1 Å². The van der Waals surface area contributed by atoms with Crippen molar-refractivity contribution in [1.29, 1.82) is 0 Å². The van der Waals surface area contributed by atoms with Gasteiger partial charge in [-0.05, 0) is 38.6 Å². The largest absolute Gasteiger partial charge is 0.351 e. The number of hydrogen-bond acceptors (Lipinski definition) is 3. The van der Waals surface area contributed by atoms with E-state index in [1.54, 1.807) is 0 Å². The van der Waals surface area contributed by atoms with Crippen molar-refractivity contribution in [3.05, 3.63) is 11.9 Å². The van der Waals surface area contributed by atoms with Crippen molar-refractivity contribution in [3.63, 3.8) is 0 Å². The molecule has 0 spiro atoms. The van der Waals surface area contributed by atoms with Gasteiger partial charge in [0.05, 0.1) is 5.69 Å². The maximum atomic E-state index is 4.67. The van der Waals surface area contributed by atoms with Gasteiger partial charge < -0.3 is 9.88 Å². The smallest absolute Gasteiger partial charge is 0.203 e. The minimum absolute atomic E-state index is 0.593. The molecule has 106 valence electrons. The summed E-state index contributed by atoms with van der Waals surface area (Å²) < 4.78 is 2.29. The normalized spacial score (nSPS) is 27.2. The van der Waals surface area contributed by atoms with E-state index in [1.165, 1.54) is 32.4 Å². The highest BCUT2D eigenvalue weighted by atomic mass is 15.3. The molecular formula is C15H26N4. The molecule has 0 amide bonds. The van der Waals surface area contributed by atoms with Gasteiger partial charge >= 0.3 is 0 Å². The van der Waals surface area contributed by atoms with Crippen molar-refractivity contribution in [2.45, 2.75) is 58.7 Å². The van der Waals surface area contributed by atoms with Gasteiger partial charge in [-0.25, -0.2) is 4.98 Å². The summed E-state index contributed by atoms with van der Waals surface area (Å²) >= 11 is 0. The molecule has 0 saturated carbocycles. The monoisotopic (exact) mass is 262 g/mol. The third kappa shape index (κ3) is 2.64. The van der Waals surface area contributed by atoms with Crippen molar-refractivity contribution in [3.8, 4) is 0 Å². The standard InChI is InChI=1S/C15H26N4/c1-11(2)9-19-10-12(3)16-15(19)17-13-6-8-18-7-4-5-14(13)18/h10-11,13-14H,4-9H2,1-3H3,(H,16,17). The summed E-state index contributed by atoms with van der Waals surface area (Å²) in [7, 11) is 0. The van der Waals surface area contributed by atoms with Crippen LogP contribution >= 0.6 is 0 Å². The average molecular weight is 262 g/mol. The van der Waals surface area contributed by atoms with Gasteiger partial charge in [0.1, 0.15) is 0 Å². The summed E-state index contributed by atoms with van der Waals surface area (Å²) in [6, 6.07) is 1.33. The van der Waals surface area contributed by atoms with Crippen LogP contribution in [0.15, 0.2) is 6.20 Å². The molecule has 2 unspecified atom stereocenters. The molecule has 2 aliphatic rings. The highest BCUT2D eigenvalue weighted by Gasteiger charge is 2.37. The van der Waals surface area contributed by atoms with Gasteiger partial charge in [-0.1, -0.05) is 13.8 Å². The van der Waals surface area contributed by atoms with Crippen LogP contribution in [0.4, 0.5) is 5.95 Å². The Hall–Kier alpha value is -1.03. The second-order valence-electron chi connectivity index (χ2n) is 6.54. The first-order valence-corrected chi connectivity index (χ1v) is 7.68. The Bertz CT molecular complexity index is 437. The zero-order valence-electron chi connectivity index (χ0n) is 12.4. The number of aromatic nitrogens is 2. The minimum Gasteiger partial charge on any atom is -0.351 e. The van der Waals surface area contributed by atoms with Gasteiger partial charge in [0.15, 0.2) is 0 Å². The predicted molar refractivity (Wildman–Crippen MR) is 78.4 cm³/mol. The quantitative estimate of drug-likeness (QED) is 0.905. The first-order chi connectivity index (χ1) is 9.13.